The van der Waals surface area contributed by atoms with E-state index in [4.69, 9.17) is 14.7 Å². The fourth-order valence-corrected chi connectivity index (χ4v) is 4.94. The normalized spacial score (nSPS) is 12.9. The molecule has 5 rings (SSSR count). The minimum atomic E-state index is 0.702. The maximum absolute atomic E-state index is 5.25. The lowest BCUT2D eigenvalue weighted by Crippen LogP contribution is -2.04. The Labute approximate surface area is 167 Å². The molecule has 0 aliphatic heterocycles. The van der Waals surface area contributed by atoms with Gasteiger partial charge in [0.2, 0.25) is 0 Å². The third-order valence-electron chi connectivity index (χ3n) is 5.10. The number of nitrogens with zero attached hydrogens (tertiary/aromatic N) is 3. The van der Waals surface area contributed by atoms with Gasteiger partial charge >= 0.3 is 0 Å². The minimum Gasteiger partial charge on any atom is -0.497 e. The third-order valence-corrected chi connectivity index (χ3v) is 6.29. The molecule has 1 aromatic carbocycles. The zero-order valence-corrected chi connectivity index (χ0v) is 16.4. The number of anilines is 1. The zero-order valence-electron chi connectivity index (χ0n) is 15.6. The number of aromatic nitrogens is 3. The first kappa shape index (κ1) is 17.1. The van der Waals surface area contributed by atoms with E-state index >= 15 is 0 Å². The first-order chi connectivity index (χ1) is 13.8. The van der Waals surface area contributed by atoms with Gasteiger partial charge in [-0.05, 0) is 54.7 Å². The Morgan fingerprint density at radius 2 is 2.00 bits per heavy atom. The molecule has 0 atom stereocenters. The standard InChI is InChI=1S/C22H20N4OS/c1-27-16-9-7-14(8-10-16)12-24-21-19-17-5-2-6-18(17)28-22(19)26-20(25-21)15-4-3-11-23-13-15/h3-4,7-11,13H,2,5-6,12H2,1H3,(H,24,25,26). The number of hydrogen-bond donors (Lipinski definition) is 1. The molecule has 5 nitrogen and oxygen atoms in total. The van der Waals surface area contributed by atoms with Crippen LogP contribution in [0.5, 0.6) is 5.75 Å². The van der Waals surface area contributed by atoms with Gasteiger partial charge in [0.05, 0.1) is 12.5 Å². The molecular formula is C22H20N4OS. The van der Waals surface area contributed by atoms with Gasteiger partial charge in [0.25, 0.3) is 0 Å². The number of benzene rings is 1. The quantitative estimate of drug-likeness (QED) is 0.529. The summed E-state index contributed by atoms with van der Waals surface area (Å²) in [5, 5.41) is 4.75. The Bertz CT molecular complexity index is 1120. The van der Waals surface area contributed by atoms with Crippen molar-refractivity contribution < 1.29 is 4.74 Å². The van der Waals surface area contributed by atoms with E-state index in [0.29, 0.717) is 6.54 Å². The molecule has 1 aliphatic carbocycles. The summed E-state index contributed by atoms with van der Waals surface area (Å²) in [5.41, 5.74) is 3.54. The van der Waals surface area contributed by atoms with Crippen LogP contribution in [0.3, 0.4) is 0 Å². The molecule has 0 radical (unpaired) electrons. The van der Waals surface area contributed by atoms with Crippen LogP contribution in [0.2, 0.25) is 0 Å². The van der Waals surface area contributed by atoms with Gasteiger partial charge in [-0.25, -0.2) is 9.97 Å². The lowest BCUT2D eigenvalue weighted by atomic mass is 10.1. The Balaban J connectivity index is 1.55. The van der Waals surface area contributed by atoms with Gasteiger partial charge in [0.15, 0.2) is 5.82 Å². The van der Waals surface area contributed by atoms with Crippen LogP contribution in [0.1, 0.15) is 22.4 Å². The van der Waals surface area contributed by atoms with Crippen molar-refractivity contribution in [1.29, 1.82) is 0 Å². The van der Waals surface area contributed by atoms with Gasteiger partial charge in [0.1, 0.15) is 16.4 Å². The third kappa shape index (κ3) is 3.10. The van der Waals surface area contributed by atoms with E-state index in [2.05, 4.69) is 22.4 Å². The van der Waals surface area contributed by atoms with E-state index in [9.17, 15) is 0 Å². The topological polar surface area (TPSA) is 59.9 Å². The number of pyridine rings is 1. The van der Waals surface area contributed by atoms with Crippen LogP contribution in [-0.2, 0) is 19.4 Å². The van der Waals surface area contributed by atoms with Crippen molar-refractivity contribution in [2.45, 2.75) is 25.8 Å². The molecule has 140 valence electrons. The summed E-state index contributed by atoms with van der Waals surface area (Å²) < 4.78 is 5.25. The van der Waals surface area contributed by atoms with E-state index in [-0.39, 0.29) is 0 Å². The molecule has 0 amide bonds. The van der Waals surface area contributed by atoms with E-state index in [1.807, 2.05) is 41.8 Å². The molecule has 3 aromatic heterocycles. The highest BCUT2D eigenvalue weighted by atomic mass is 32.1. The van der Waals surface area contributed by atoms with Crippen LogP contribution in [-0.4, -0.2) is 22.1 Å². The molecule has 3 heterocycles. The average Bonchev–Trinajstić information content (AvgIpc) is 3.34. The summed E-state index contributed by atoms with van der Waals surface area (Å²) in [6.07, 6.45) is 7.07. The number of ether oxygens (including phenoxy) is 1. The number of nitrogens with one attached hydrogen (secondary N) is 1. The van der Waals surface area contributed by atoms with Gasteiger partial charge in [-0.3, -0.25) is 4.98 Å². The van der Waals surface area contributed by atoms with Gasteiger partial charge < -0.3 is 10.1 Å². The summed E-state index contributed by atoms with van der Waals surface area (Å²) in [6.45, 7) is 0.702. The second kappa shape index (κ2) is 7.20. The van der Waals surface area contributed by atoms with Gasteiger partial charge in [-0.2, -0.15) is 0 Å². The highest BCUT2D eigenvalue weighted by molar-refractivity contribution is 7.19. The van der Waals surface area contributed by atoms with Crippen molar-refractivity contribution in [1.82, 2.24) is 15.0 Å². The predicted molar refractivity (Wildman–Crippen MR) is 113 cm³/mol. The molecule has 0 saturated carbocycles. The Morgan fingerprint density at radius 3 is 2.79 bits per heavy atom. The van der Waals surface area contributed by atoms with Crippen molar-refractivity contribution in [3.63, 3.8) is 0 Å². The first-order valence-electron chi connectivity index (χ1n) is 9.41. The second-order valence-corrected chi connectivity index (χ2v) is 7.96. The lowest BCUT2D eigenvalue weighted by Gasteiger charge is -2.11. The average molecular weight is 388 g/mol. The SMILES string of the molecule is COc1ccc(CNc2nc(-c3cccnc3)nc3sc4c(c23)CCC4)cc1. The number of thiophene rings is 1. The number of aryl methyl sites for hydroxylation is 2. The lowest BCUT2D eigenvalue weighted by molar-refractivity contribution is 0.414. The fraction of sp³-hybridized carbons (Fsp3) is 0.227. The molecule has 1 N–H and O–H groups in total. The molecule has 6 heteroatoms. The largest absolute Gasteiger partial charge is 0.497 e. The molecule has 0 spiro atoms. The number of hydrogen-bond acceptors (Lipinski definition) is 6. The monoisotopic (exact) mass is 388 g/mol. The Morgan fingerprint density at radius 1 is 1.11 bits per heavy atom. The maximum Gasteiger partial charge on any atom is 0.164 e. The first-order valence-corrected chi connectivity index (χ1v) is 10.2. The Hall–Kier alpha value is -2.99. The molecule has 0 fully saturated rings. The summed E-state index contributed by atoms with van der Waals surface area (Å²) in [6, 6.07) is 12.0. The molecule has 0 saturated heterocycles. The van der Waals surface area contributed by atoms with Gasteiger partial charge in [-0.15, -0.1) is 11.3 Å². The van der Waals surface area contributed by atoms with E-state index in [1.165, 1.54) is 27.8 Å². The fourth-order valence-electron chi connectivity index (χ4n) is 3.68. The summed E-state index contributed by atoms with van der Waals surface area (Å²) in [7, 11) is 1.68. The Kier molecular flexibility index (Phi) is 4.41. The van der Waals surface area contributed by atoms with Crippen molar-refractivity contribution in [2.24, 2.45) is 0 Å². The molecule has 1 aliphatic rings. The van der Waals surface area contributed by atoms with Crippen LogP contribution in [0, 0.1) is 0 Å². The molecular weight excluding hydrogens is 368 g/mol. The van der Waals surface area contributed by atoms with E-state index < -0.39 is 0 Å². The highest BCUT2D eigenvalue weighted by Crippen LogP contribution is 2.40. The van der Waals surface area contributed by atoms with Gasteiger partial charge in [0, 0.05) is 29.4 Å². The van der Waals surface area contributed by atoms with Crippen molar-refractivity contribution in [3.05, 3.63) is 64.8 Å². The molecule has 0 unspecified atom stereocenters. The number of fused-ring (bicyclic) bond motifs is 3. The summed E-state index contributed by atoms with van der Waals surface area (Å²) >= 11 is 1.81. The zero-order chi connectivity index (χ0) is 18.9. The second-order valence-electron chi connectivity index (χ2n) is 6.88. The van der Waals surface area contributed by atoms with Crippen LogP contribution >= 0.6 is 11.3 Å². The number of methoxy groups -OCH3 is 1. The van der Waals surface area contributed by atoms with E-state index in [0.717, 1.165) is 40.6 Å². The minimum absolute atomic E-state index is 0.702. The van der Waals surface area contributed by atoms with E-state index in [1.54, 1.807) is 13.3 Å². The number of rotatable bonds is 5. The van der Waals surface area contributed by atoms with Crippen LogP contribution in [0.4, 0.5) is 5.82 Å². The van der Waals surface area contributed by atoms with Crippen molar-refractivity contribution in [3.8, 4) is 17.1 Å². The maximum atomic E-state index is 5.25. The molecule has 28 heavy (non-hydrogen) atoms. The summed E-state index contributed by atoms with van der Waals surface area (Å²) in [5.74, 6) is 2.50. The van der Waals surface area contributed by atoms with Gasteiger partial charge in [-0.1, -0.05) is 12.1 Å². The molecule has 4 aromatic rings. The summed E-state index contributed by atoms with van der Waals surface area (Å²) in [4.78, 5) is 16.5. The highest BCUT2D eigenvalue weighted by Gasteiger charge is 2.22. The van der Waals surface area contributed by atoms with Crippen LogP contribution in [0.15, 0.2) is 48.8 Å². The van der Waals surface area contributed by atoms with Crippen molar-refractivity contribution >= 4 is 27.4 Å². The van der Waals surface area contributed by atoms with Crippen LogP contribution in [0.25, 0.3) is 21.6 Å². The smallest absolute Gasteiger partial charge is 0.164 e. The molecule has 0 bridgehead atoms. The van der Waals surface area contributed by atoms with Crippen LogP contribution < -0.4 is 10.1 Å². The predicted octanol–water partition coefficient (Wildman–Crippen LogP) is 4.86. The van der Waals surface area contributed by atoms with Crippen molar-refractivity contribution in [2.75, 3.05) is 12.4 Å².